The van der Waals surface area contributed by atoms with Crippen LogP contribution in [0.1, 0.15) is 30.2 Å². The summed E-state index contributed by atoms with van der Waals surface area (Å²) in [4.78, 5) is 11.6. The van der Waals surface area contributed by atoms with Crippen molar-refractivity contribution in [2.45, 2.75) is 39.8 Å². The van der Waals surface area contributed by atoms with Gasteiger partial charge in [0.25, 0.3) is 0 Å². The molecule has 1 fully saturated rings. The minimum absolute atomic E-state index is 0.402. The van der Waals surface area contributed by atoms with Crippen molar-refractivity contribution >= 4 is 11.6 Å². The molecule has 5 heteroatoms. The van der Waals surface area contributed by atoms with Gasteiger partial charge in [0.05, 0.1) is 12.2 Å². The number of pyridine rings is 1. The molecule has 1 aliphatic heterocycles. The highest BCUT2D eigenvalue weighted by molar-refractivity contribution is 5.80. The number of hydrogen-bond donors (Lipinski definition) is 2. The number of guanidine groups is 1. The van der Waals surface area contributed by atoms with Crippen LogP contribution in [-0.4, -0.2) is 36.6 Å². The van der Waals surface area contributed by atoms with Gasteiger partial charge >= 0.3 is 0 Å². The first-order chi connectivity index (χ1) is 12.7. The predicted molar refractivity (Wildman–Crippen MR) is 109 cm³/mol. The van der Waals surface area contributed by atoms with E-state index in [1.807, 2.05) is 12.3 Å². The first-order valence-corrected chi connectivity index (χ1v) is 9.42. The zero-order chi connectivity index (χ0) is 18.4. The van der Waals surface area contributed by atoms with E-state index in [2.05, 4.69) is 71.6 Å². The number of nitrogens with one attached hydrogen (secondary N) is 2. The maximum absolute atomic E-state index is 4.73. The number of aromatic nitrogens is 1. The maximum atomic E-state index is 4.73. The molecule has 0 spiro atoms. The van der Waals surface area contributed by atoms with Gasteiger partial charge in [0.2, 0.25) is 0 Å². The Kier molecular flexibility index (Phi) is 6.10. The molecule has 2 heterocycles. The average Bonchev–Trinajstić information content (AvgIpc) is 3.10. The van der Waals surface area contributed by atoms with Crippen LogP contribution >= 0.6 is 0 Å². The second kappa shape index (κ2) is 8.70. The van der Waals surface area contributed by atoms with E-state index in [1.165, 1.54) is 16.8 Å². The van der Waals surface area contributed by atoms with Gasteiger partial charge in [-0.15, -0.1) is 0 Å². The molecule has 138 valence electrons. The van der Waals surface area contributed by atoms with E-state index in [1.54, 1.807) is 0 Å². The fourth-order valence-corrected chi connectivity index (χ4v) is 3.22. The van der Waals surface area contributed by atoms with Gasteiger partial charge in [-0.25, -0.2) is 4.99 Å². The van der Waals surface area contributed by atoms with Crippen LogP contribution in [0.15, 0.2) is 47.6 Å². The van der Waals surface area contributed by atoms with Crippen molar-refractivity contribution in [2.24, 2.45) is 4.99 Å². The van der Waals surface area contributed by atoms with Crippen LogP contribution in [0.25, 0.3) is 0 Å². The molecule has 26 heavy (non-hydrogen) atoms. The summed E-state index contributed by atoms with van der Waals surface area (Å²) in [5.74, 6) is 0.869. The highest BCUT2D eigenvalue weighted by atomic mass is 15.2. The molecule has 1 aromatic heterocycles. The molecule has 0 saturated carbocycles. The third kappa shape index (κ3) is 4.75. The lowest BCUT2D eigenvalue weighted by atomic mass is 10.2. The minimum atomic E-state index is 0.402. The molecule has 0 radical (unpaired) electrons. The van der Waals surface area contributed by atoms with Crippen LogP contribution in [0.4, 0.5) is 5.69 Å². The topological polar surface area (TPSA) is 52.6 Å². The van der Waals surface area contributed by atoms with Crippen molar-refractivity contribution in [2.75, 3.05) is 24.5 Å². The Morgan fingerprint density at radius 1 is 1.23 bits per heavy atom. The monoisotopic (exact) mass is 351 g/mol. The Bertz CT molecular complexity index is 738. The SMILES string of the molecule is CCNC(=NCc1ncccc1C)NC1CCN(c2ccc(C)cc2)C1. The van der Waals surface area contributed by atoms with Crippen molar-refractivity contribution in [1.82, 2.24) is 15.6 Å². The third-order valence-corrected chi connectivity index (χ3v) is 4.78. The lowest BCUT2D eigenvalue weighted by Gasteiger charge is -2.20. The number of nitrogens with zero attached hydrogens (tertiary/aromatic N) is 3. The summed E-state index contributed by atoms with van der Waals surface area (Å²) < 4.78 is 0. The number of aryl methyl sites for hydroxylation is 2. The van der Waals surface area contributed by atoms with Crippen molar-refractivity contribution in [3.63, 3.8) is 0 Å². The molecular weight excluding hydrogens is 322 g/mol. The zero-order valence-electron chi connectivity index (χ0n) is 16.0. The lowest BCUT2D eigenvalue weighted by Crippen LogP contribution is -2.44. The molecule has 2 N–H and O–H groups in total. The summed E-state index contributed by atoms with van der Waals surface area (Å²) in [7, 11) is 0. The van der Waals surface area contributed by atoms with Gasteiger partial charge in [0, 0.05) is 37.6 Å². The second-order valence-corrected chi connectivity index (χ2v) is 6.87. The quantitative estimate of drug-likeness (QED) is 0.642. The van der Waals surface area contributed by atoms with Crippen molar-refractivity contribution in [1.29, 1.82) is 0 Å². The Balaban J connectivity index is 1.60. The molecular formula is C21H29N5. The summed E-state index contributed by atoms with van der Waals surface area (Å²) in [5, 5.41) is 6.94. The van der Waals surface area contributed by atoms with Crippen LogP contribution in [0.3, 0.4) is 0 Å². The fourth-order valence-electron chi connectivity index (χ4n) is 3.22. The Morgan fingerprint density at radius 2 is 2.04 bits per heavy atom. The molecule has 2 aromatic rings. The molecule has 0 aliphatic carbocycles. The summed E-state index contributed by atoms with van der Waals surface area (Å²) >= 11 is 0. The first-order valence-electron chi connectivity index (χ1n) is 9.42. The number of aliphatic imine (C=N–C) groups is 1. The van der Waals surface area contributed by atoms with Crippen LogP contribution < -0.4 is 15.5 Å². The smallest absolute Gasteiger partial charge is 0.191 e. The standard InChI is InChI=1S/C21H29N5/c1-4-22-21(24-14-20-17(3)6-5-12-23-20)25-18-11-13-26(15-18)19-9-7-16(2)8-10-19/h5-10,12,18H,4,11,13-15H2,1-3H3,(H2,22,24,25). The minimum Gasteiger partial charge on any atom is -0.369 e. The molecule has 1 atom stereocenters. The lowest BCUT2D eigenvalue weighted by molar-refractivity contribution is 0.648. The van der Waals surface area contributed by atoms with Gasteiger partial charge in [-0.3, -0.25) is 4.98 Å². The van der Waals surface area contributed by atoms with Crippen LogP contribution in [0.5, 0.6) is 0 Å². The van der Waals surface area contributed by atoms with E-state index in [0.717, 1.165) is 37.7 Å². The van der Waals surface area contributed by atoms with Crippen LogP contribution in [0.2, 0.25) is 0 Å². The van der Waals surface area contributed by atoms with E-state index < -0.39 is 0 Å². The normalized spacial score (nSPS) is 17.4. The van der Waals surface area contributed by atoms with Gasteiger partial charge in [-0.2, -0.15) is 0 Å². The molecule has 3 rings (SSSR count). The van der Waals surface area contributed by atoms with E-state index in [4.69, 9.17) is 4.99 Å². The third-order valence-electron chi connectivity index (χ3n) is 4.78. The summed E-state index contributed by atoms with van der Waals surface area (Å²) in [5.41, 5.74) is 4.80. The van der Waals surface area contributed by atoms with E-state index in [9.17, 15) is 0 Å². The molecule has 1 unspecified atom stereocenters. The molecule has 5 nitrogen and oxygen atoms in total. The predicted octanol–water partition coefficient (Wildman–Crippen LogP) is 3.03. The van der Waals surface area contributed by atoms with Crippen molar-refractivity contribution < 1.29 is 0 Å². The summed E-state index contributed by atoms with van der Waals surface area (Å²) in [6, 6.07) is 13.2. The largest absolute Gasteiger partial charge is 0.369 e. The van der Waals surface area contributed by atoms with Crippen LogP contribution in [-0.2, 0) is 6.54 Å². The molecule has 0 amide bonds. The van der Waals surface area contributed by atoms with Gasteiger partial charge < -0.3 is 15.5 Å². The second-order valence-electron chi connectivity index (χ2n) is 6.87. The number of rotatable bonds is 5. The fraction of sp³-hybridized carbons (Fsp3) is 0.429. The molecule has 1 saturated heterocycles. The van der Waals surface area contributed by atoms with Crippen LogP contribution in [0, 0.1) is 13.8 Å². The number of hydrogen-bond acceptors (Lipinski definition) is 3. The van der Waals surface area contributed by atoms with E-state index in [0.29, 0.717) is 12.6 Å². The number of anilines is 1. The van der Waals surface area contributed by atoms with E-state index >= 15 is 0 Å². The highest BCUT2D eigenvalue weighted by Gasteiger charge is 2.23. The van der Waals surface area contributed by atoms with Gasteiger partial charge in [-0.05, 0) is 51.0 Å². The van der Waals surface area contributed by atoms with Crippen molar-refractivity contribution in [3.05, 3.63) is 59.4 Å². The Labute approximate surface area is 156 Å². The summed E-state index contributed by atoms with van der Waals surface area (Å²) in [6.07, 6.45) is 2.94. The van der Waals surface area contributed by atoms with Gasteiger partial charge in [0.15, 0.2) is 5.96 Å². The molecule has 0 bridgehead atoms. The highest BCUT2D eigenvalue weighted by Crippen LogP contribution is 2.20. The summed E-state index contributed by atoms with van der Waals surface area (Å²) in [6.45, 7) is 9.80. The molecule has 1 aromatic carbocycles. The van der Waals surface area contributed by atoms with Gasteiger partial charge in [0.1, 0.15) is 0 Å². The van der Waals surface area contributed by atoms with Crippen molar-refractivity contribution in [3.8, 4) is 0 Å². The zero-order valence-corrected chi connectivity index (χ0v) is 16.0. The Morgan fingerprint density at radius 3 is 2.77 bits per heavy atom. The molecule has 1 aliphatic rings. The Hall–Kier alpha value is -2.56. The number of benzene rings is 1. The first kappa shape index (κ1) is 18.2. The maximum Gasteiger partial charge on any atom is 0.191 e. The van der Waals surface area contributed by atoms with E-state index in [-0.39, 0.29) is 0 Å². The van der Waals surface area contributed by atoms with Gasteiger partial charge in [-0.1, -0.05) is 23.8 Å². The average molecular weight is 351 g/mol.